The average Bonchev–Trinajstić information content (AvgIpc) is 2.92. The Kier molecular flexibility index (Phi) is 6.69. The van der Waals surface area contributed by atoms with Gasteiger partial charge in [-0.3, -0.25) is 0 Å². The number of nitrogens with zero attached hydrogens (tertiary/aromatic N) is 1. The van der Waals surface area contributed by atoms with Gasteiger partial charge in [-0.05, 0) is 0 Å². The number of benzene rings is 2. The van der Waals surface area contributed by atoms with Gasteiger partial charge >= 0.3 is 132 Å². The summed E-state index contributed by atoms with van der Waals surface area (Å²) in [4.78, 5) is 6.49. The molecule has 116 valence electrons. The van der Waals surface area contributed by atoms with Gasteiger partial charge in [0, 0.05) is 0 Å². The van der Waals surface area contributed by atoms with E-state index >= 15 is 0 Å². The summed E-state index contributed by atoms with van der Waals surface area (Å²) in [6.07, 6.45) is 3.16. The molecule has 0 saturated carbocycles. The summed E-state index contributed by atoms with van der Waals surface area (Å²) in [7, 11) is 0. The largest absolute Gasteiger partial charge is 1.00 e. The molecule has 1 saturated heterocycles. The first-order valence-electron chi connectivity index (χ1n) is 7.39. The van der Waals surface area contributed by atoms with Crippen molar-refractivity contribution in [1.82, 2.24) is 0 Å². The molecule has 0 aliphatic carbocycles. The SMILES string of the molecule is CC/C=[N+]1\OC[C@@H]([Se]c2ccccc2)[C@@H]1c1ccccc1.[Br-]. The Labute approximate surface area is 149 Å². The van der Waals surface area contributed by atoms with Crippen molar-refractivity contribution in [3.8, 4) is 0 Å². The summed E-state index contributed by atoms with van der Waals surface area (Å²) in [5.74, 6) is 0. The maximum absolute atomic E-state index is 5.94. The zero-order chi connectivity index (χ0) is 14.5. The maximum atomic E-state index is 5.94. The van der Waals surface area contributed by atoms with E-state index < -0.39 is 0 Å². The van der Waals surface area contributed by atoms with Gasteiger partial charge in [-0.1, -0.05) is 0 Å². The van der Waals surface area contributed by atoms with Crippen LogP contribution in [-0.2, 0) is 4.84 Å². The predicted octanol–water partition coefficient (Wildman–Crippen LogP) is -0.0116. The van der Waals surface area contributed by atoms with Gasteiger partial charge in [0.25, 0.3) is 0 Å². The summed E-state index contributed by atoms with van der Waals surface area (Å²) in [5.41, 5.74) is 1.35. The Morgan fingerprint density at radius 2 is 1.73 bits per heavy atom. The molecule has 0 spiro atoms. The van der Waals surface area contributed by atoms with Crippen LogP contribution in [0.4, 0.5) is 0 Å². The Balaban J connectivity index is 0.00000176. The number of hydrogen-bond acceptors (Lipinski definition) is 1. The number of hydroxylamine groups is 1. The molecular formula is C18H20BrNOSe. The van der Waals surface area contributed by atoms with Gasteiger partial charge in [0.15, 0.2) is 0 Å². The topological polar surface area (TPSA) is 12.2 Å². The van der Waals surface area contributed by atoms with Gasteiger partial charge < -0.3 is 17.0 Å². The molecule has 1 aliphatic rings. The summed E-state index contributed by atoms with van der Waals surface area (Å²) >= 11 is 0.415. The van der Waals surface area contributed by atoms with Gasteiger partial charge in [0.1, 0.15) is 0 Å². The molecule has 0 N–H and O–H groups in total. The second kappa shape index (κ2) is 8.52. The molecule has 2 aromatic carbocycles. The fraction of sp³-hybridized carbons (Fsp3) is 0.278. The van der Waals surface area contributed by atoms with E-state index in [4.69, 9.17) is 4.84 Å². The first-order chi connectivity index (χ1) is 10.4. The van der Waals surface area contributed by atoms with E-state index in [1.165, 1.54) is 10.0 Å². The number of halogens is 1. The summed E-state index contributed by atoms with van der Waals surface area (Å²) in [6.45, 7) is 2.96. The van der Waals surface area contributed by atoms with Crippen molar-refractivity contribution in [1.29, 1.82) is 0 Å². The van der Waals surface area contributed by atoms with Crippen molar-refractivity contribution in [3.63, 3.8) is 0 Å². The maximum Gasteiger partial charge on any atom is -1.00 e. The van der Waals surface area contributed by atoms with Gasteiger partial charge in [-0.2, -0.15) is 0 Å². The van der Waals surface area contributed by atoms with Gasteiger partial charge in [0.05, 0.1) is 0 Å². The average molecular weight is 425 g/mol. The normalized spacial score (nSPS) is 22.1. The molecule has 3 rings (SSSR count). The van der Waals surface area contributed by atoms with Gasteiger partial charge in [-0.25, -0.2) is 0 Å². The second-order valence-corrected chi connectivity index (χ2v) is 7.83. The minimum Gasteiger partial charge on any atom is -1.00 e. The fourth-order valence-electron chi connectivity index (χ4n) is 2.63. The Hall–Kier alpha value is -1.09. The van der Waals surface area contributed by atoms with Gasteiger partial charge in [-0.15, -0.1) is 0 Å². The molecule has 1 aliphatic heterocycles. The van der Waals surface area contributed by atoms with Crippen LogP contribution in [-0.4, -0.2) is 32.5 Å². The van der Waals surface area contributed by atoms with E-state index in [1.54, 1.807) is 0 Å². The number of rotatable bonds is 4. The van der Waals surface area contributed by atoms with Crippen LogP contribution in [0.2, 0.25) is 4.82 Å². The molecule has 2 atom stereocenters. The Morgan fingerprint density at radius 3 is 2.36 bits per heavy atom. The molecule has 22 heavy (non-hydrogen) atoms. The Bertz CT molecular complexity index is 603. The zero-order valence-corrected chi connectivity index (χ0v) is 15.9. The summed E-state index contributed by atoms with van der Waals surface area (Å²) < 4.78 is 3.52. The summed E-state index contributed by atoms with van der Waals surface area (Å²) in [5, 5.41) is 0. The molecule has 1 heterocycles. The second-order valence-electron chi connectivity index (χ2n) is 5.07. The molecule has 0 amide bonds. The molecule has 4 heteroatoms. The van der Waals surface area contributed by atoms with Crippen molar-refractivity contribution in [2.24, 2.45) is 0 Å². The smallest absolute Gasteiger partial charge is 1.00 e. The van der Waals surface area contributed by atoms with Crippen LogP contribution < -0.4 is 21.4 Å². The van der Waals surface area contributed by atoms with E-state index in [9.17, 15) is 0 Å². The predicted molar refractivity (Wildman–Crippen MR) is 87.3 cm³/mol. The van der Waals surface area contributed by atoms with Crippen LogP contribution in [0.3, 0.4) is 0 Å². The zero-order valence-electron chi connectivity index (χ0n) is 12.6. The molecule has 0 aromatic heterocycles. The molecule has 1 fully saturated rings. The van der Waals surface area contributed by atoms with Crippen molar-refractivity contribution < 1.29 is 26.6 Å². The van der Waals surface area contributed by atoms with Crippen molar-refractivity contribution in [3.05, 3.63) is 66.2 Å². The van der Waals surface area contributed by atoms with E-state index in [0.717, 1.165) is 13.0 Å². The molecule has 0 bridgehead atoms. The third-order valence-electron chi connectivity index (χ3n) is 3.55. The monoisotopic (exact) mass is 425 g/mol. The van der Waals surface area contributed by atoms with Gasteiger partial charge in [0.2, 0.25) is 0 Å². The quantitative estimate of drug-likeness (QED) is 0.496. The first-order valence-corrected chi connectivity index (χ1v) is 9.24. The first kappa shape index (κ1) is 17.3. The van der Waals surface area contributed by atoms with Crippen molar-refractivity contribution >= 4 is 25.6 Å². The minimum absolute atomic E-state index is 0. The summed E-state index contributed by atoms with van der Waals surface area (Å²) in [6, 6.07) is 21.9. The van der Waals surface area contributed by atoms with Crippen LogP contribution in [0, 0.1) is 0 Å². The third kappa shape index (κ3) is 4.01. The van der Waals surface area contributed by atoms with Crippen molar-refractivity contribution in [2.45, 2.75) is 24.2 Å². The molecule has 0 unspecified atom stereocenters. The van der Waals surface area contributed by atoms with E-state index in [0.29, 0.717) is 25.8 Å². The number of hydrogen-bond donors (Lipinski definition) is 0. The van der Waals surface area contributed by atoms with Crippen LogP contribution in [0.15, 0.2) is 60.7 Å². The molecular weight excluding hydrogens is 405 g/mol. The molecule has 0 radical (unpaired) electrons. The standard InChI is InChI=1S/C18H20NOSe.BrH/c1-2-13-19-18(15-9-5-3-6-10-15)17(14-20-19)21-16-11-7-4-8-12-16;/h3-13,17-18H,2,14H2,1H3;1H/q+1;/p-1/b19-13-;/t17-,18+;/m1./s1. The van der Waals surface area contributed by atoms with E-state index in [1.807, 2.05) is 0 Å². The molecule has 2 nitrogen and oxygen atoms in total. The third-order valence-corrected chi connectivity index (χ3v) is 6.15. The van der Waals surface area contributed by atoms with Crippen LogP contribution in [0.1, 0.15) is 24.9 Å². The van der Waals surface area contributed by atoms with Crippen LogP contribution >= 0.6 is 0 Å². The van der Waals surface area contributed by atoms with Crippen LogP contribution in [0.25, 0.3) is 0 Å². The minimum atomic E-state index is 0. The van der Waals surface area contributed by atoms with E-state index in [2.05, 4.69) is 78.5 Å². The van der Waals surface area contributed by atoms with E-state index in [-0.39, 0.29) is 17.0 Å². The Morgan fingerprint density at radius 1 is 1.09 bits per heavy atom. The van der Waals surface area contributed by atoms with Crippen LogP contribution in [0.5, 0.6) is 0 Å². The fourth-order valence-corrected chi connectivity index (χ4v) is 5.14. The van der Waals surface area contributed by atoms with Crippen molar-refractivity contribution in [2.75, 3.05) is 6.61 Å². The molecule has 2 aromatic rings.